The second-order valence-corrected chi connectivity index (χ2v) is 4.34. The molecule has 0 saturated heterocycles. The molecule has 1 aromatic heterocycles. The van der Waals surface area contributed by atoms with Gasteiger partial charge in [-0.1, -0.05) is 18.2 Å². The lowest BCUT2D eigenvalue weighted by Gasteiger charge is -2.11. The Labute approximate surface area is 106 Å². The molecule has 0 saturated carbocycles. The Morgan fingerprint density at radius 2 is 2.28 bits per heavy atom. The van der Waals surface area contributed by atoms with Gasteiger partial charge in [-0.05, 0) is 25.5 Å². The molecule has 0 aliphatic heterocycles. The first-order valence-corrected chi connectivity index (χ1v) is 6.03. The first-order chi connectivity index (χ1) is 8.70. The minimum Gasteiger partial charge on any atom is -0.309 e. The van der Waals surface area contributed by atoms with Crippen LogP contribution in [-0.4, -0.2) is 16.0 Å². The molecule has 2 aromatic rings. The van der Waals surface area contributed by atoms with Crippen molar-refractivity contribution < 1.29 is 0 Å². The first-order valence-electron chi connectivity index (χ1n) is 6.03. The molecule has 0 bridgehead atoms. The van der Waals surface area contributed by atoms with Crippen molar-refractivity contribution in [1.29, 1.82) is 0 Å². The number of hydrogen-bond donors (Lipinski definition) is 2. The number of para-hydroxylation sites is 1. The third-order valence-corrected chi connectivity index (χ3v) is 2.80. The third kappa shape index (κ3) is 2.84. The number of H-pyrrole nitrogens is 1. The lowest BCUT2D eigenvalue weighted by atomic mass is 10.2. The SMILES string of the molecule is C=CCC(C)NCc1nc2ccccc2c(=O)[nH]1. The van der Waals surface area contributed by atoms with E-state index in [0.717, 1.165) is 11.9 Å². The maximum Gasteiger partial charge on any atom is 0.258 e. The highest BCUT2D eigenvalue weighted by atomic mass is 16.1. The van der Waals surface area contributed by atoms with Crippen LogP contribution < -0.4 is 10.9 Å². The van der Waals surface area contributed by atoms with Crippen molar-refractivity contribution in [3.8, 4) is 0 Å². The normalized spacial score (nSPS) is 12.5. The van der Waals surface area contributed by atoms with Crippen LogP contribution in [0.15, 0.2) is 41.7 Å². The van der Waals surface area contributed by atoms with Crippen molar-refractivity contribution in [1.82, 2.24) is 15.3 Å². The van der Waals surface area contributed by atoms with Crippen molar-refractivity contribution in [2.75, 3.05) is 0 Å². The predicted octanol–water partition coefficient (Wildman–Crippen LogP) is 1.98. The molecule has 0 spiro atoms. The Hall–Kier alpha value is -1.94. The third-order valence-electron chi connectivity index (χ3n) is 2.80. The molecule has 2 N–H and O–H groups in total. The van der Waals surface area contributed by atoms with Crippen LogP contribution in [0.2, 0.25) is 0 Å². The molecule has 4 heteroatoms. The smallest absolute Gasteiger partial charge is 0.258 e. The number of hydrogen-bond acceptors (Lipinski definition) is 3. The number of aromatic amines is 1. The molecule has 0 aliphatic rings. The van der Waals surface area contributed by atoms with Gasteiger partial charge in [0.15, 0.2) is 0 Å². The molecule has 4 nitrogen and oxygen atoms in total. The van der Waals surface area contributed by atoms with Gasteiger partial charge in [-0.15, -0.1) is 6.58 Å². The lowest BCUT2D eigenvalue weighted by molar-refractivity contribution is 0.541. The molecule has 0 aliphatic carbocycles. The fraction of sp³-hybridized carbons (Fsp3) is 0.286. The second kappa shape index (κ2) is 5.60. The largest absolute Gasteiger partial charge is 0.309 e. The van der Waals surface area contributed by atoms with Crippen LogP contribution in [0.4, 0.5) is 0 Å². The van der Waals surface area contributed by atoms with Gasteiger partial charge >= 0.3 is 0 Å². The van der Waals surface area contributed by atoms with E-state index >= 15 is 0 Å². The monoisotopic (exact) mass is 243 g/mol. The van der Waals surface area contributed by atoms with E-state index in [2.05, 4.69) is 28.8 Å². The number of rotatable bonds is 5. The standard InChI is InChI=1S/C14H17N3O/c1-3-6-10(2)15-9-13-16-12-8-5-4-7-11(12)14(18)17-13/h3-5,7-8,10,15H,1,6,9H2,2H3,(H,16,17,18). The van der Waals surface area contributed by atoms with Gasteiger partial charge in [0.05, 0.1) is 17.4 Å². The van der Waals surface area contributed by atoms with Gasteiger partial charge in [0.2, 0.25) is 0 Å². The highest BCUT2D eigenvalue weighted by molar-refractivity contribution is 5.77. The van der Waals surface area contributed by atoms with Crippen LogP contribution in [0.5, 0.6) is 0 Å². The summed E-state index contributed by atoms with van der Waals surface area (Å²) in [6.07, 6.45) is 2.76. The zero-order chi connectivity index (χ0) is 13.0. The molecule has 94 valence electrons. The van der Waals surface area contributed by atoms with Gasteiger partial charge in [0.1, 0.15) is 5.82 Å². The Morgan fingerprint density at radius 1 is 1.50 bits per heavy atom. The Kier molecular flexibility index (Phi) is 3.89. The van der Waals surface area contributed by atoms with Crippen LogP contribution >= 0.6 is 0 Å². The predicted molar refractivity (Wildman–Crippen MR) is 73.5 cm³/mol. The summed E-state index contributed by atoms with van der Waals surface area (Å²) < 4.78 is 0. The van der Waals surface area contributed by atoms with Gasteiger partial charge in [-0.2, -0.15) is 0 Å². The summed E-state index contributed by atoms with van der Waals surface area (Å²) in [5, 5.41) is 3.91. The molecule has 18 heavy (non-hydrogen) atoms. The summed E-state index contributed by atoms with van der Waals surface area (Å²) in [5.74, 6) is 0.662. The number of fused-ring (bicyclic) bond motifs is 1. The quantitative estimate of drug-likeness (QED) is 0.789. The summed E-state index contributed by atoms with van der Waals surface area (Å²) in [4.78, 5) is 19.0. The number of nitrogens with one attached hydrogen (secondary N) is 2. The fourth-order valence-electron chi connectivity index (χ4n) is 1.82. The minimum atomic E-state index is -0.0891. The molecule has 0 radical (unpaired) electrons. The average Bonchev–Trinajstić information content (AvgIpc) is 2.37. The Balaban J connectivity index is 2.19. The molecule has 1 aromatic carbocycles. The molecular weight excluding hydrogens is 226 g/mol. The zero-order valence-electron chi connectivity index (χ0n) is 10.4. The van der Waals surface area contributed by atoms with Gasteiger partial charge < -0.3 is 10.3 Å². The summed E-state index contributed by atoms with van der Waals surface area (Å²) >= 11 is 0. The van der Waals surface area contributed by atoms with E-state index < -0.39 is 0 Å². The topological polar surface area (TPSA) is 57.8 Å². The maximum absolute atomic E-state index is 11.8. The van der Waals surface area contributed by atoms with Crippen molar-refractivity contribution in [3.63, 3.8) is 0 Å². The second-order valence-electron chi connectivity index (χ2n) is 4.34. The van der Waals surface area contributed by atoms with E-state index in [1.54, 1.807) is 6.07 Å². The molecule has 2 rings (SSSR count). The highest BCUT2D eigenvalue weighted by Gasteiger charge is 2.04. The summed E-state index contributed by atoms with van der Waals surface area (Å²) in [6, 6.07) is 7.66. The summed E-state index contributed by atoms with van der Waals surface area (Å²) in [5.41, 5.74) is 0.642. The molecule has 1 atom stereocenters. The molecule has 0 fully saturated rings. The number of aromatic nitrogens is 2. The first kappa shape index (κ1) is 12.5. The van der Waals surface area contributed by atoms with E-state index in [1.807, 2.05) is 24.3 Å². The van der Waals surface area contributed by atoms with Gasteiger partial charge in [0, 0.05) is 6.04 Å². The molecule has 1 heterocycles. The van der Waals surface area contributed by atoms with Crippen LogP contribution in [0.3, 0.4) is 0 Å². The molecular formula is C14H17N3O. The van der Waals surface area contributed by atoms with Crippen molar-refractivity contribution in [2.24, 2.45) is 0 Å². The van der Waals surface area contributed by atoms with Gasteiger partial charge in [0.25, 0.3) is 5.56 Å². The van der Waals surface area contributed by atoms with E-state index in [0.29, 0.717) is 23.8 Å². The summed E-state index contributed by atoms with van der Waals surface area (Å²) in [6.45, 7) is 6.32. The number of benzene rings is 1. The number of nitrogens with zero attached hydrogens (tertiary/aromatic N) is 1. The Morgan fingerprint density at radius 3 is 3.06 bits per heavy atom. The van der Waals surface area contributed by atoms with Crippen molar-refractivity contribution >= 4 is 10.9 Å². The minimum absolute atomic E-state index is 0.0891. The van der Waals surface area contributed by atoms with E-state index in [-0.39, 0.29) is 5.56 Å². The Bertz CT molecular complexity index is 603. The van der Waals surface area contributed by atoms with Crippen molar-refractivity contribution in [2.45, 2.75) is 25.9 Å². The van der Waals surface area contributed by atoms with E-state index in [1.165, 1.54) is 0 Å². The van der Waals surface area contributed by atoms with E-state index in [9.17, 15) is 4.79 Å². The fourth-order valence-corrected chi connectivity index (χ4v) is 1.82. The summed E-state index contributed by atoms with van der Waals surface area (Å²) in [7, 11) is 0. The average molecular weight is 243 g/mol. The van der Waals surface area contributed by atoms with Gasteiger partial charge in [-0.25, -0.2) is 4.98 Å². The van der Waals surface area contributed by atoms with Crippen LogP contribution in [0, 0.1) is 0 Å². The van der Waals surface area contributed by atoms with Crippen molar-refractivity contribution in [3.05, 3.63) is 53.1 Å². The van der Waals surface area contributed by atoms with E-state index in [4.69, 9.17) is 0 Å². The van der Waals surface area contributed by atoms with Crippen LogP contribution in [-0.2, 0) is 6.54 Å². The lowest BCUT2D eigenvalue weighted by Crippen LogP contribution is -2.27. The van der Waals surface area contributed by atoms with Crippen LogP contribution in [0.1, 0.15) is 19.2 Å². The van der Waals surface area contributed by atoms with Gasteiger partial charge in [-0.3, -0.25) is 4.79 Å². The maximum atomic E-state index is 11.8. The molecule has 0 amide bonds. The highest BCUT2D eigenvalue weighted by Crippen LogP contribution is 2.05. The zero-order valence-corrected chi connectivity index (χ0v) is 10.4. The van der Waals surface area contributed by atoms with Crippen LogP contribution in [0.25, 0.3) is 10.9 Å². The molecule has 1 unspecified atom stereocenters.